The molecule has 0 N–H and O–H groups in total. The molecule has 1 spiro atoms. The van der Waals surface area contributed by atoms with E-state index in [1.54, 1.807) is 11.3 Å². The van der Waals surface area contributed by atoms with Gasteiger partial charge in [0, 0.05) is 37.0 Å². The molecule has 0 unspecified atom stereocenters. The molecule has 0 radical (unpaired) electrons. The molecule has 4 heterocycles. The van der Waals surface area contributed by atoms with E-state index in [9.17, 15) is 9.18 Å². The van der Waals surface area contributed by atoms with Crippen LogP contribution in [0.3, 0.4) is 0 Å². The van der Waals surface area contributed by atoms with E-state index >= 15 is 0 Å². The van der Waals surface area contributed by atoms with Gasteiger partial charge in [0.15, 0.2) is 5.82 Å². The first kappa shape index (κ1) is 15.5. The molecule has 4 rings (SSSR count). The number of likely N-dealkylation sites (tertiary alicyclic amines) is 1. The zero-order valence-electron chi connectivity index (χ0n) is 13.3. The number of piperidine rings is 1. The van der Waals surface area contributed by atoms with Crippen molar-refractivity contribution in [1.82, 2.24) is 14.9 Å². The largest absolute Gasteiger partial charge is 0.340 e. The summed E-state index contributed by atoms with van der Waals surface area (Å²) in [5.74, 6) is 0.291. The van der Waals surface area contributed by atoms with E-state index in [-0.39, 0.29) is 11.3 Å². The molecule has 0 saturated carbocycles. The van der Waals surface area contributed by atoms with Gasteiger partial charge in [0.25, 0.3) is 5.91 Å². The van der Waals surface area contributed by atoms with Crippen LogP contribution in [0.25, 0.3) is 0 Å². The second kappa shape index (κ2) is 6.12. The average Bonchev–Trinajstić information content (AvgIpc) is 3.26. The highest BCUT2D eigenvalue weighted by atomic mass is 32.1. The SMILES string of the molecule is O=C(c1ccsc1)N1CCC[C@]2(CCN(c3ncc(F)cn3)C2)C1. The summed E-state index contributed by atoms with van der Waals surface area (Å²) in [6.45, 7) is 3.28. The molecular formula is C17H19FN4OS. The Hall–Kier alpha value is -2.02. The lowest BCUT2D eigenvalue weighted by molar-refractivity contribution is 0.0557. The van der Waals surface area contributed by atoms with E-state index in [1.807, 2.05) is 21.7 Å². The van der Waals surface area contributed by atoms with Gasteiger partial charge < -0.3 is 9.80 Å². The predicted octanol–water partition coefficient (Wildman–Crippen LogP) is 2.81. The summed E-state index contributed by atoms with van der Waals surface area (Å²) in [6, 6.07) is 1.89. The molecule has 2 saturated heterocycles. The van der Waals surface area contributed by atoms with Gasteiger partial charge in [0.2, 0.25) is 5.95 Å². The molecule has 126 valence electrons. The van der Waals surface area contributed by atoms with Gasteiger partial charge >= 0.3 is 0 Å². The van der Waals surface area contributed by atoms with Crippen LogP contribution in [0.15, 0.2) is 29.2 Å². The predicted molar refractivity (Wildman–Crippen MR) is 90.7 cm³/mol. The van der Waals surface area contributed by atoms with Gasteiger partial charge in [-0.1, -0.05) is 0 Å². The van der Waals surface area contributed by atoms with E-state index in [1.165, 1.54) is 12.4 Å². The van der Waals surface area contributed by atoms with Crippen LogP contribution in [0.5, 0.6) is 0 Å². The summed E-state index contributed by atoms with van der Waals surface area (Å²) >= 11 is 1.55. The summed E-state index contributed by atoms with van der Waals surface area (Å²) < 4.78 is 13.0. The average molecular weight is 346 g/mol. The number of aromatic nitrogens is 2. The maximum atomic E-state index is 13.0. The smallest absolute Gasteiger partial charge is 0.254 e. The molecule has 5 nitrogen and oxygen atoms in total. The zero-order chi connectivity index (χ0) is 16.6. The van der Waals surface area contributed by atoms with Crippen molar-refractivity contribution in [3.8, 4) is 0 Å². The highest BCUT2D eigenvalue weighted by molar-refractivity contribution is 7.08. The second-order valence-corrected chi connectivity index (χ2v) is 7.50. The Morgan fingerprint density at radius 2 is 2.04 bits per heavy atom. The number of thiophene rings is 1. The van der Waals surface area contributed by atoms with Gasteiger partial charge in [-0.25, -0.2) is 14.4 Å². The quantitative estimate of drug-likeness (QED) is 0.839. The fourth-order valence-corrected chi connectivity index (χ4v) is 4.49. The molecule has 0 bridgehead atoms. The number of anilines is 1. The molecule has 2 fully saturated rings. The van der Waals surface area contributed by atoms with Crippen molar-refractivity contribution < 1.29 is 9.18 Å². The van der Waals surface area contributed by atoms with Gasteiger partial charge in [0.05, 0.1) is 18.0 Å². The number of halogens is 1. The van der Waals surface area contributed by atoms with Crippen LogP contribution >= 0.6 is 11.3 Å². The Morgan fingerprint density at radius 1 is 1.21 bits per heavy atom. The summed E-state index contributed by atoms with van der Waals surface area (Å²) in [6.07, 6.45) is 5.56. The van der Waals surface area contributed by atoms with Crippen LogP contribution in [0.1, 0.15) is 29.6 Å². The molecule has 7 heteroatoms. The molecule has 2 aliphatic rings. The van der Waals surface area contributed by atoms with Crippen molar-refractivity contribution in [3.05, 3.63) is 40.6 Å². The van der Waals surface area contributed by atoms with Gasteiger partial charge in [0.1, 0.15) is 0 Å². The second-order valence-electron chi connectivity index (χ2n) is 6.72. The van der Waals surface area contributed by atoms with Crippen LogP contribution in [0.4, 0.5) is 10.3 Å². The maximum absolute atomic E-state index is 13.0. The minimum atomic E-state index is -0.419. The van der Waals surface area contributed by atoms with Crippen LogP contribution < -0.4 is 4.90 Å². The maximum Gasteiger partial charge on any atom is 0.254 e. The number of amides is 1. The first-order valence-corrected chi connectivity index (χ1v) is 9.14. The summed E-state index contributed by atoms with van der Waals surface area (Å²) in [7, 11) is 0. The van der Waals surface area contributed by atoms with Crippen LogP contribution in [0.2, 0.25) is 0 Å². The Morgan fingerprint density at radius 3 is 2.79 bits per heavy atom. The van der Waals surface area contributed by atoms with Crippen molar-refractivity contribution in [1.29, 1.82) is 0 Å². The van der Waals surface area contributed by atoms with Gasteiger partial charge in [-0.3, -0.25) is 4.79 Å². The topological polar surface area (TPSA) is 49.3 Å². The molecule has 2 aromatic heterocycles. The molecule has 2 aromatic rings. The molecular weight excluding hydrogens is 327 g/mol. The van der Waals surface area contributed by atoms with Crippen molar-refractivity contribution in [2.45, 2.75) is 19.3 Å². The molecule has 2 aliphatic heterocycles. The molecule has 1 atom stereocenters. The highest BCUT2D eigenvalue weighted by Crippen LogP contribution is 2.40. The van der Waals surface area contributed by atoms with E-state index in [0.29, 0.717) is 5.95 Å². The van der Waals surface area contributed by atoms with E-state index in [2.05, 4.69) is 14.9 Å². The lowest BCUT2D eigenvalue weighted by atomic mass is 9.79. The summed E-state index contributed by atoms with van der Waals surface area (Å²) in [5.41, 5.74) is 0.885. The van der Waals surface area contributed by atoms with Crippen molar-refractivity contribution >= 4 is 23.2 Å². The van der Waals surface area contributed by atoms with Crippen molar-refractivity contribution in [2.75, 3.05) is 31.1 Å². The van der Waals surface area contributed by atoms with E-state index in [4.69, 9.17) is 0 Å². The number of carbonyl (C=O) groups excluding carboxylic acids is 1. The Kier molecular flexibility index (Phi) is 3.96. The molecule has 0 aliphatic carbocycles. The van der Waals surface area contributed by atoms with E-state index < -0.39 is 5.82 Å². The summed E-state index contributed by atoms with van der Waals surface area (Å²) in [5, 5.41) is 3.85. The Labute approximate surface area is 144 Å². The Balaban J connectivity index is 1.47. The fraction of sp³-hybridized carbons (Fsp3) is 0.471. The lowest BCUT2D eigenvalue weighted by Gasteiger charge is -2.40. The van der Waals surface area contributed by atoms with Gasteiger partial charge in [-0.15, -0.1) is 0 Å². The first-order valence-electron chi connectivity index (χ1n) is 8.19. The lowest BCUT2D eigenvalue weighted by Crippen LogP contribution is -2.47. The third kappa shape index (κ3) is 2.88. The highest BCUT2D eigenvalue weighted by Gasteiger charge is 2.43. The minimum absolute atomic E-state index is 0.0989. The van der Waals surface area contributed by atoms with Gasteiger partial charge in [-0.2, -0.15) is 11.3 Å². The standard InChI is InChI=1S/C17H19FN4OS/c18-14-8-19-16(20-9-14)22-6-4-17(12-22)3-1-5-21(11-17)15(23)13-2-7-24-10-13/h2,7-10H,1,3-6,11-12H2/t17-/m0/s1. The number of hydrogen-bond donors (Lipinski definition) is 0. The van der Waals surface area contributed by atoms with Crippen LogP contribution in [0, 0.1) is 11.2 Å². The van der Waals surface area contributed by atoms with E-state index in [0.717, 1.165) is 51.0 Å². The summed E-state index contributed by atoms with van der Waals surface area (Å²) in [4.78, 5) is 24.9. The number of carbonyl (C=O) groups is 1. The molecule has 0 aromatic carbocycles. The van der Waals surface area contributed by atoms with Crippen molar-refractivity contribution in [3.63, 3.8) is 0 Å². The van der Waals surface area contributed by atoms with Crippen molar-refractivity contribution in [2.24, 2.45) is 5.41 Å². The molecule has 1 amide bonds. The van der Waals surface area contributed by atoms with Crippen LogP contribution in [-0.4, -0.2) is 47.0 Å². The first-order chi connectivity index (χ1) is 11.7. The monoisotopic (exact) mass is 346 g/mol. The zero-order valence-corrected chi connectivity index (χ0v) is 14.1. The normalized spacial score (nSPS) is 23.9. The van der Waals surface area contributed by atoms with Crippen LogP contribution in [-0.2, 0) is 0 Å². The minimum Gasteiger partial charge on any atom is -0.340 e. The fourth-order valence-electron chi connectivity index (χ4n) is 3.86. The molecule has 24 heavy (non-hydrogen) atoms. The third-order valence-electron chi connectivity index (χ3n) is 5.04. The Bertz CT molecular complexity index is 721. The number of nitrogens with zero attached hydrogens (tertiary/aromatic N) is 4. The third-order valence-corrected chi connectivity index (χ3v) is 5.73. The van der Waals surface area contributed by atoms with Gasteiger partial charge in [-0.05, 0) is 30.7 Å². The number of hydrogen-bond acceptors (Lipinski definition) is 5. The number of rotatable bonds is 2.